The van der Waals surface area contributed by atoms with Gasteiger partial charge in [0.2, 0.25) is 0 Å². The summed E-state index contributed by atoms with van der Waals surface area (Å²) in [5, 5.41) is 11.0. The van der Waals surface area contributed by atoms with Gasteiger partial charge in [-0.2, -0.15) is 0 Å². The summed E-state index contributed by atoms with van der Waals surface area (Å²) in [4.78, 5) is 22.7. The molecule has 1 saturated heterocycles. The first-order chi connectivity index (χ1) is 15.1. The Bertz CT molecular complexity index is 1060. The number of aromatic nitrogens is 2. The molecule has 3 heterocycles. The van der Waals surface area contributed by atoms with Gasteiger partial charge in [0.05, 0.1) is 18.2 Å². The van der Waals surface area contributed by atoms with E-state index in [1.54, 1.807) is 23.0 Å². The van der Waals surface area contributed by atoms with Crippen LogP contribution in [0.4, 0.5) is 0 Å². The molecule has 0 amide bonds. The first-order valence-electron chi connectivity index (χ1n) is 10.9. The van der Waals surface area contributed by atoms with E-state index in [0.29, 0.717) is 12.1 Å². The van der Waals surface area contributed by atoms with Crippen LogP contribution in [0.3, 0.4) is 0 Å². The number of nitrogens with zero attached hydrogens (tertiary/aromatic N) is 4. The number of hydrogen-bond donors (Lipinski definition) is 1. The van der Waals surface area contributed by atoms with Gasteiger partial charge in [0, 0.05) is 44.3 Å². The van der Waals surface area contributed by atoms with Crippen LogP contribution in [0.15, 0.2) is 65.7 Å². The highest BCUT2D eigenvalue weighted by molar-refractivity contribution is 5.40. The SMILES string of the molecule is CCN1CCN(C(c2cccnc2)c2c(O)cc(C)n(Cc3ccccc3)c2=O)CC1. The van der Waals surface area contributed by atoms with E-state index in [-0.39, 0.29) is 17.4 Å². The Labute approximate surface area is 183 Å². The van der Waals surface area contributed by atoms with Crippen LogP contribution in [0, 0.1) is 6.92 Å². The van der Waals surface area contributed by atoms with E-state index in [4.69, 9.17) is 0 Å². The maximum Gasteiger partial charge on any atom is 0.259 e. The minimum absolute atomic E-state index is 0.0542. The number of rotatable bonds is 6. The Morgan fingerprint density at radius 1 is 1.06 bits per heavy atom. The lowest BCUT2D eigenvalue weighted by Gasteiger charge is -2.39. The molecular formula is C25H30N4O2. The summed E-state index contributed by atoms with van der Waals surface area (Å²) in [6.07, 6.45) is 3.54. The quantitative estimate of drug-likeness (QED) is 0.667. The lowest BCUT2D eigenvalue weighted by molar-refractivity contribution is 0.111. The zero-order chi connectivity index (χ0) is 21.8. The third-order valence-corrected chi connectivity index (χ3v) is 6.20. The molecule has 4 rings (SSSR count). The standard InChI is InChI=1S/C25H30N4O2/c1-3-27-12-14-28(15-13-27)24(21-10-7-11-26-17-21)23-22(30)16-19(2)29(25(23)31)18-20-8-5-4-6-9-20/h4-11,16-17,24,30H,3,12-15,18H2,1-2H3. The van der Waals surface area contributed by atoms with Crippen LogP contribution < -0.4 is 5.56 Å². The number of pyridine rings is 2. The maximum atomic E-state index is 13.7. The molecule has 1 atom stereocenters. The predicted octanol–water partition coefficient (Wildman–Crippen LogP) is 3.03. The Kier molecular flexibility index (Phi) is 6.49. The molecule has 0 spiro atoms. The van der Waals surface area contributed by atoms with E-state index >= 15 is 0 Å². The van der Waals surface area contributed by atoms with Gasteiger partial charge in [0.25, 0.3) is 5.56 Å². The van der Waals surface area contributed by atoms with Gasteiger partial charge in [-0.15, -0.1) is 0 Å². The van der Waals surface area contributed by atoms with Crippen LogP contribution in [0.1, 0.15) is 35.3 Å². The van der Waals surface area contributed by atoms with Crippen molar-refractivity contribution in [1.29, 1.82) is 0 Å². The highest BCUT2D eigenvalue weighted by atomic mass is 16.3. The molecule has 1 aliphatic heterocycles. The van der Waals surface area contributed by atoms with E-state index in [0.717, 1.165) is 49.5 Å². The van der Waals surface area contributed by atoms with Gasteiger partial charge in [-0.25, -0.2) is 0 Å². The molecule has 162 valence electrons. The van der Waals surface area contributed by atoms with E-state index in [9.17, 15) is 9.90 Å². The summed E-state index contributed by atoms with van der Waals surface area (Å²) >= 11 is 0. The molecule has 1 N–H and O–H groups in total. The van der Waals surface area contributed by atoms with Crippen LogP contribution in [0.5, 0.6) is 5.75 Å². The summed E-state index contributed by atoms with van der Waals surface area (Å²) in [5.41, 5.74) is 3.01. The number of aromatic hydroxyl groups is 1. The van der Waals surface area contributed by atoms with Crippen molar-refractivity contribution in [3.05, 3.63) is 93.7 Å². The molecule has 3 aromatic rings. The van der Waals surface area contributed by atoms with Crippen molar-refractivity contribution in [3.8, 4) is 5.75 Å². The third-order valence-electron chi connectivity index (χ3n) is 6.20. The fraction of sp³-hybridized carbons (Fsp3) is 0.360. The maximum absolute atomic E-state index is 13.7. The Morgan fingerprint density at radius 3 is 2.45 bits per heavy atom. The predicted molar refractivity (Wildman–Crippen MR) is 122 cm³/mol. The van der Waals surface area contributed by atoms with Gasteiger partial charge >= 0.3 is 0 Å². The molecule has 6 heteroatoms. The molecular weight excluding hydrogens is 388 g/mol. The van der Waals surface area contributed by atoms with E-state index in [2.05, 4.69) is 21.7 Å². The fourth-order valence-electron chi connectivity index (χ4n) is 4.42. The lowest BCUT2D eigenvalue weighted by atomic mass is 9.97. The molecule has 0 saturated carbocycles. The number of likely N-dealkylation sites (N-methyl/N-ethyl adjacent to an activating group) is 1. The third kappa shape index (κ3) is 4.55. The molecule has 31 heavy (non-hydrogen) atoms. The first kappa shape index (κ1) is 21.3. The fourth-order valence-corrected chi connectivity index (χ4v) is 4.42. The van der Waals surface area contributed by atoms with Gasteiger partial charge in [-0.3, -0.25) is 14.7 Å². The average molecular weight is 419 g/mol. The van der Waals surface area contributed by atoms with E-state index < -0.39 is 0 Å². The monoisotopic (exact) mass is 418 g/mol. The second kappa shape index (κ2) is 9.45. The topological polar surface area (TPSA) is 61.6 Å². The van der Waals surface area contributed by atoms with Gasteiger partial charge < -0.3 is 14.6 Å². The second-order valence-corrected chi connectivity index (χ2v) is 8.12. The van der Waals surface area contributed by atoms with Crippen molar-refractivity contribution < 1.29 is 5.11 Å². The van der Waals surface area contributed by atoms with Crippen LogP contribution >= 0.6 is 0 Å². The van der Waals surface area contributed by atoms with Crippen LogP contribution in [0.25, 0.3) is 0 Å². The highest BCUT2D eigenvalue weighted by Crippen LogP contribution is 2.33. The summed E-state index contributed by atoms with van der Waals surface area (Å²) in [5.74, 6) is 0.0542. The molecule has 0 bridgehead atoms. The zero-order valence-corrected chi connectivity index (χ0v) is 18.2. The van der Waals surface area contributed by atoms with Crippen molar-refractivity contribution in [2.45, 2.75) is 26.4 Å². The molecule has 1 aromatic carbocycles. The van der Waals surface area contributed by atoms with Crippen molar-refractivity contribution in [3.63, 3.8) is 0 Å². The summed E-state index contributed by atoms with van der Waals surface area (Å²) < 4.78 is 1.76. The highest BCUT2D eigenvalue weighted by Gasteiger charge is 2.31. The molecule has 1 fully saturated rings. The zero-order valence-electron chi connectivity index (χ0n) is 18.2. The number of aryl methyl sites for hydroxylation is 1. The average Bonchev–Trinajstić information content (AvgIpc) is 2.81. The summed E-state index contributed by atoms with van der Waals surface area (Å²) in [6.45, 7) is 9.08. The molecule has 1 unspecified atom stereocenters. The molecule has 6 nitrogen and oxygen atoms in total. The minimum Gasteiger partial charge on any atom is -0.507 e. The molecule has 1 aliphatic rings. The van der Waals surface area contributed by atoms with E-state index in [1.165, 1.54) is 0 Å². The van der Waals surface area contributed by atoms with Crippen molar-refractivity contribution in [2.75, 3.05) is 32.7 Å². The molecule has 0 radical (unpaired) electrons. The minimum atomic E-state index is -0.331. The summed E-state index contributed by atoms with van der Waals surface area (Å²) in [6, 6.07) is 15.2. The lowest BCUT2D eigenvalue weighted by Crippen LogP contribution is -2.48. The van der Waals surface area contributed by atoms with Gasteiger partial charge in [-0.1, -0.05) is 43.3 Å². The van der Waals surface area contributed by atoms with Gasteiger partial charge in [0.15, 0.2) is 0 Å². The van der Waals surface area contributed by atoms with Crippen LogP contribution in [-0.4, -0.2) is 57.2 Å². The van der Waals surface area contributed by atoms with Crippen molar-refractivity contribution >= 4 is 0 Å². The Hall–Kier alpha value is -2.96. The molecule has 0 aliphatic carbocycles. The second-order valence-electron chi connectivity index (χ2n) is 8.12. The number of piperazine rings is 1. The smallest absolute Gasteiger partial charge is 0.259 e. The van der Waals surface area contributed by atoms with Gasteiger partial charge in [-0.05, 0) is 36.7 Å². The van der Waals surface area contributed by atoms with Crippen LogP contribution in [0.2, 0.25) is 0 Å². The first-order valence-corrected chi connectivity index (χ1v) is 10.9. The van der Waals surface area contributed by atoms with Crippen molar-refractivity contribution in [2.24, 2.45) is 0 Å². The normalized spacial score (nSPS) is 16.3. The largest absolute Gasteiger partial charge is 0.507 e. The summed E-state index contributed by atoms with van der Waals surface area (Å²) in [7, 11) is 0. The van der Waals surface area contributed by atoms with Crippen molar-refractivity contribution in [1.82, 2.24) is 19.4 Å². The Morgan fingerprint density at radius 2 is 1.81 bits per heavy atom. The Balaban J connectivity index is 1.79. The van der Waals surface area contributed by atoms with Gasteiger partial charge in [0.1, 0.15) is 5.75 Å². The van der Waals surface area contributed by atoms with E-state index in [1.807, 2.05) is 49.4 Å². The van der Waals surface area contributed by atoms with Crippen LogP contribution in [-0.2, 0) is 6.54 Å². The number of benzene rings is 1. The number of hydrogen-bond acceptors (Lipinski definition) is 5. The molecule has 2 aromatic heterocycles.